The summed E-state index contributed by atoms with van der Waals surface area (Å²) in [4.78, 5) is 26.5. The summed E-state index contributed by atoms with van der Waals surface area (Å²) in [5, 5.41) is 2.80. The molecule has 0 saturated heterocycles. The van der Waals surface area contributed by atoms with Crippen LogP contribution in [0.25, 0.3) is 0 Å². The van der Waals surface area contributed by atoms with Crippen LogP contribution in [0.4, 0.5) is 11.4 Å². The average Bonchev–Trinajstić information content (AvgIpc) is 3.08. The Kier molecular flexibility index (Phi) is 6.78. The predicted octanol–water partition coefficient (Wildman–Crippen LogP) is 4.45. The van der Waals surface area contributed by atoms with Crippen LogP contribution in [0, 0.1) is 6.92 Å². The number of carbonyl (C=O) groups is 2. The molecule has 2 amide bonds. The summed E-state index contributed by atoms with van der Waals surface area (Å²) in [5.74, 6) is 1.43. The van der Waals surface area contributed by atoms with Crippen molar-refractivity contribution in [3.63, 3.8) is 0 Å². The van der Waals surface area contributed by atoms with E-state index in [1.165, 1.54) is 0 Å². The molecule has 7 heteroatoms. The SMILES string of the molecule is Cc1ccc(C(=O)N(C)c2ccc(OCC(=O)Nc3ccc4c(c3)OCCCO4)cc2)cc1. The zero-order chi connectivity index (χ0) is 23.2. The summed E-state index contributed by atoms with van der Waals surface area (Å²) in [6, 6.07) is 19.8. The highest BCUT2D eigenvalue weighted by atomic mass is 16.5. The van der Waals surface area contributed by atoms with Crippen molar-refractivity contribution in [3.05, 3.63) is 77.9 Å². The summed E-state index contributed by atoms with van der Waals surface area (Å²) < 4.78 is 16.8. The number of amides is 2. The first-order valence-corrected chi connectivity index (χ1v) is 10.8. The topological polar surface area (TPSA) is 77.1 Å². The molecule has 0 aliphatic carbocycles. The molecule has 0 spiro atoms. The van der Waals surface area contributed by atoms with Crippen molar-refractivity contribution in [3.8, 4) is 17.2 Å². The number of nitrogens with one attached hydrogen (secondary N) is 1. The third-order valence-corrected chi connectivity index (χ3v) is 5.23. The van der Waals surface area contributed by atoms with E-state index in [9.17, 15) is 9.59 Å². The van der Waals surface area contributed by atoms with Gasteiger partial charge in [-0.05, 0) is 55.5 Å². The van der Waals surface area contributed by atoms with Gasteiger partial charge in [0, 0.05) is 36.5 Å². The minimum atomic E-state index is -0.291. The number of rotatable bonds is 6. The van der Waals surface area contributed by atoms with Crippen LogP contribution in [0.1, 0.15) is 22.3 Å². The lowest BCUT2D eigenvalue weighted by Gasteiger charge is -2.18. The number of fused-ring (bicyclic) bond motifs is 1. The van der Waals surface area contributed by atoms with Gasteiger partial charge in [-0.15, -0.1) is 0 Å². The quantitative estimate of drug-likeness (QED) is 0.605. The van der Waals surface area contributed by atoms with E-state index in [0.29, 0.717) is 41.7 Å². The van der Waals surface area contributed by atoms with Gasteiger partial charge < -0.3 is 24.4 Å². The second-order valence-electron chi connectivity index (χ2n) is 7.77. The molecule has 0 unspecified atom stereocenters. The highest BCUT2D eigenvalue weighted by molar-refractivity contribution is 6.05. The van der Waals surface area contributed by atoms with E-state index in [1.807, 2.05) is 31.2 Å². The third-order valence-electron chi connectivity index (χ3n) is 5.23. The van der Waals surface area contributed by atoms with E-state index in [-0.39, 0.29) is 18.4 Å². The molecule has 3 aromatic rings. The molecular weight excluding hydrogens is 420 g/mol. The van der Waals surface area contributed by atoms with Gasteiger partial charge in [-0.25, -0.2) is 0 Å². The van der Waals surface area contributed by atoms with Crippen molar-refractivity contribution >= 4 is 23.2 Å². The number of hydrogen-bond donors (Lipinski definition) is 1. The first-order valence-electron chi connectivity index (χ1n) is 10.8. The number of anilines is 2. The smallest absolute Gasteiger partial charge is 0.262 e. The minimum Gasteiger partial charge on any atom is -0.490 e. The molecule has 1 heterocycles. The fourth-order valence-electron chi connectivity index (χ4n) is 3.36. The van der Waals surface area contributed by atoms with Gasteiger partial charge in [0.15, 0.2) is 18.1 Å². The number of hydrogen-bond acceptors (Lipinski definition) is 5. The van der Waals surface area contributed by atoms with Crippen LogP contribution in [-0.2, 0) is 4.79 Å². The van der Waals surface area contributed by atoms with Gasteiger partial charge in [0.25, 0.3) is 11.8 Å². The van der Waals surface area contributed by atoms with Crippen molar-refractivity contribution in [2.45, 2.75) is 13.3 Å². The molecule has 0 atom stereocenters. The Morgan fingerprint density at radius 1 is 0.939 bits per heavy atom. The Morgan fingerprint density at radius 3 is 2.36 bits per heavy atom. The van der Waals surface area contributed by atoms with E-state index in [1.54, 1.807) is 54.4 Å². The van der Waals surface area contributed by atoms with Gasteiger partial charge in [0.05, 0.1) is 13.2 Å². The molecule has 170 valence electrons. The molecule has 0 fully saturated rings. The molecule has 7 nitrogen and oxygen atoms in total. The van der Waals surface area contributed by atoms with E-state index in [0.717, 1.165) is 17.7 Å². The lowest BCUT2D eigenvalue weighted by molar-refractivity contribution is -0.118. The molecule has 3 aromatic carbocycles. The average molecular weight is 447 g/mol. The summed E-state index contributed by atoms with van der Waals surface area (Å²) in [7, 11) is 1.72. The molecule has 0 aromatic heterocycles. The zero-order valence-corrected chi connectivity index (χ0v) is 18.7. The van der Waals surface area contributed by atoms with Crippen LogP contribution < -0.4 is 24.4 Å². The lowest BCUT2D eigenvalue weighted by atomic mass is 10.1. The Balaban J connectivity index is 1.31. The van der Waals surface area contributed by atoms with Crippen molar-refractivity contribution in [1.29, 1.82) is 0 Å². The molecule has 1 N–H and O–H groups in total. The van der Waals surface area contributed by atoms with Crippen LogP contribution in [0.3, 0.4) is 0 Å². The monoisotopic (exact) mass is 446 g/mol. The molecule has 1 aliphatic rings. The molecule has 33 heavy (non-hydrogen) atoms. The molecular formula is C26H26N2O5. The van der Waals surface area contributed by atoms with E-state index in [4.69, 9.17) is 14.2 Å². The van der Waals surface area contributed by atoms with Crippen molar-refractivity contribution in [2.24, 2.45) is 0 Å². The maximum absolute atomic E-state index is 12.7. The lowest BCUT2D eigenvalue weighted by Crippen LogP contribution is -2.26. The predicted molar refractivity (Wildman–Crippen MR) is 127 cm³/mol. The van der Waals surface area contributed by atoms with Gasteiger partial charge in [-0.3, -0.25) is 9.59 Å². The van der Waals surface area contributed by atoms with Crippen LogP contribution in [0.2, 0.25) is 0 Å². The number of nitrogens with zero attached hydrogens (tertiary/aromatic N) is 1. The summed E-state index contributed by atoms with van der Waals surface area (Å²) >= 11 is 0. The van der Waals surface area contributed by atoms with Gasteiger partial charge in [-0.2, -0.15) is 0 Å². The third kappa shape index (κ3) is 5.63. The normalized spacial score (nSPS) is 12.4. The van der Waals surface area contributed by atoms with Crippen molar-refractivity contribution in [1.82, 2.24) is 0 Å². The van der Waals surface area contributed by atoms with Crippen LogP contribution in [0.5, 0.6) is 17.2 Å². The zero-order valence-electron chi connectivity index (χ0n) is 18.7. The maximum atomic E-state index is 12.7. The molecule has 0 saturated carbocycles. The summed E-state index contributed by atoms with van der Waals surface area (Å²) in [6.07, 6.45) is 0.818. The number of aryl methyl sites for hydroxylation is 1. The Labute approximate surface area is 192 Å². The largest absolute Gasteiger partial charge is 0.490 e. The first kappa shape index (κ1) is 22.2. The van der Waals surface area contributed by atoms with E-state index >= 15 is 0 Å². The molecule has 4 rings (SSSR count). The van der Waals surface area contributed by atoms with Gasteiger partial charge in [-0.1, -0.05) is 17.7 Å². The van der Waals surface area contributed by atoms with E-state index in [2.05, 4.69) is 5.32 Å². The van der Waals surface area contributed by atoms with Crippen LogP contribution in [-0.4, -0.2) is 38.7 Å². The highest BCUT2D eigenvalue weighted by Gasteiger charge is 2.14. The minimum absolute atomic E-state index is 0.0989. The first-order chi connectivity index (χ1) is 16.0. The number of benzene rings is 3. The van der Waals surface area contributed by atoms with Crippen molar-refractivity contribution < 1.29 is 23.8 Å². The molecule has 0 radical (unpaired) electrons. The van der Waals surface area contributed by atoms with Crippen LogP contribution in [0.15, 0.2) is 66.7 Å². The van der Waals surface area contributed by atoms with Gasteiger partial charge >= 0.3 is 0 Å². The van der Waals surface area contributed by atoms with Crippen molar-refractivity contribution in [2.75, 3.05) is 37.1 Å². The van der Waals surface area contributed by atoms with Gasteiger partial charge in [0.2, 0.25) is 0 Å². The standard InChI is InChI=1S/C26H26N2O5/c1-18-4-6-19(7-5-18)26(30)28(2)21-9-11-22(12-10-21)33-17-25(29)27-20-8-13-23-24(16-20)32-15-3-14-31-23/h4-13,16H,3,14-15,17H2,1-2H3,(H,27,29). The highest BCUT2D eigenvalue weighted by Crippen LogP contribution is 2.32. The Bertz CT molecular complexity index is 1130. The second kappa shape index (κ2) is 10.1. The Morgan fingerprint density at radius 2 is 1.64 bits per heavy atom. The maximum Gasteiger partial charge on any atom is 0.262 e. The summed E-state index contributed by atoms with van der Waals surface area (Å²) in [6.45, 7) is 3.02. The fourth-order valence-corrected chi connectivity index (χ4v) is 3.36. The molecule has 0 bridgehead atoms. The summed E-state index contributed by atoms with van der Waals surface area (Å²) in [5.41, 5.74) is 3.06. The van der Waals surface area contributed by atoms with Crippen LogP contribution >= 0.6 is 0 Å². The molecule has 1 aliphatic heterocycles. The van der Waals surface area contributed by atoms with E-state index < -0.39 is 0 Å². The fraction of sp³-hybridized carbons (Fsp3) is 0.231. The second-order valence-corrected chi connectivity index (χ2v) is 7.77. The Hall–Kier alpha value is -4.00. The number of carbonyl (C=O) groups excluding carboxylic acids is 2. The van der Waals surface area contributed by atoms with Gasteiger partial charge in [0.1, 0.15) is 5.75 Å². The number of ether oxygens (including phenoxy) is 3.